The van der Waals surface area contributed by atoms with Crippen LogP contribution in [-0.2, 0) is 4.74 Å². The Kier molecular flexibility index (Phi) is 2.26. The summed E-state index contributed by atoms with van der Waals surface area (Å²) < 4.78 is 17.7. The van der Waals surface area contributed by atoms with Crippen LogP contribution in [0.4, 0.5) is 9.18 Å². The summed E-state index contributed by atoms with van der Waals surface area (Å²) in [5.41, 5.74) is -1.23. The molecular weight excluding hydrogens is 161 g/mol. The summed E-state index contributed by atoms with van der Waals surface area (Å²) in [4.78, 5) is 10.9. The molecule has 12 heavy (non-hydrogen) atoms. The van der Waals surface area contributed by atoms with E-state index in [2.05, 4.69) is 5.32 Å². The third-order valence-corrected chi connectivity index (χ3v) is 1.80. The Morgan fingerprint density at radius 1 is 1.75 bits per heavy atom. The molecule has 0 saturated heterocycles. The van der Waals surface area contributed by atoms with Crippen molar-refractivity contribution in [2.45, 2.75) is 45.0 Å². The van der Waals surface area contributed by atoms with E-state index in [9.17, 15) is 9.18 Å². The molecule has 0 bridgehead atoms. The normalized spacial score (nSPS) is 33.2. The summed E-state index contributed by atoms with van der Waals surface area (Å²) in [6, 6.07) is -0.358. The summed E-state index contributed by atoms with van der Waals surface area (Å²) in [5.74, 6) is 0. The molecule has 4 heteroatoms. The Hall–Kier alpha value is -0.800. The van der Waals surface area contributed by atoms with Crippen LogP contribution < -0.4 is 5.32 Å². The van der Waals surface area contributed by atoms with E-state index in [0.717, 1.165) is 0 Å². The summed E-state index contributed by atoms with van der Waals surface area (Å²) in [6.45, 7) is 4.97. The number of ether oxygens (including phenoxy) is 1. The second kappa shape index (κ2) is 2.92. The molecule has 1 N–H and O–H groups in total. The van der Waals surface area contributed by atoms with Gasteiger partial charge in [-0.05, 0) is 20.8 Å². The van der Waals surface area contributed by atoms with Gasteiger partial charge in [0.05, 0.1) is 12.1 Å². The van der Waals surface area contributed by atoms with Gasteiger partial charge in [0.15, 0.2) is 0 Å². The minimum atomic E-state index is -1.23. The molecule has 1 saturated carbocycles. The summed E-state index contributed by atoms with van der Waals surface area (Å²) in [7, 11) is 0. The highest BCUT2D eigenvalue weighted by Crippen LogP contribution is 2.39. The number of nitrogens with one attached hydrogen (secondary N) is 1. The first-order valence-electron chi connectivity index (χ1n) is 4.08. The Balaban J connectivity index is 2.21. The van der Waals surface area contributed by atoms with Crippen LogP contribution in [0.3, 0.4) is 0 Å². The van der Waals surface area contributed by atoms with Crippen molar-refractivity contribution in [1.29, 1.82) is 0 Å². The van der Waals surface area contributed by atoms with Crippen molar-refractivity contribution in [1.82, 2.24) is 5.32 Å². The van der Waals surface area contributed by atoms with Crippen LogP contribution in [0.25, 0.3) is 0 Å². The topological polar surface area (TPSA) is 38.3 Å². The van der Waals surface area contributed by atoms with E-state index in [4.69, 9.17) is 4.74 Å². The Morgan fingerprint density at radius 3 is 2.58 bits per heavy atom. The lowest BCUT2D eigenvalue weighted by molar-refractivity contribution is 0.113. The number of alkyl halides is 1. The van der Waals surface area contributed by atoms with Gasteiger partial charge in [-0.2, -0.15) is 0 Å². The molecule has 0 spiro atoms. The van der Waals surface area contributed by atoms with Crippen LogP contribution in [0.1, 0.15) is 27.2 Å². The second-order valence-corrected chi connectivity index (χ2v) is 3.63. The molecule has 1 aliphatic carbocycles. The Bertz CT molecular complexity index is 191. The molecule has 0 aliphatic heterocycles. The molecule has 0 aromatic carbocycles. The van der Waals surface area contributed by atoms with E-state index in [0.29, 0.717) is 6.42 Å². The minimum absolute atomic E-state index is 0.158. The fourth-order valence-corrected chi connectivity index (χ4v) is 0.932. The van der Waals surface area contributed by atoms with E-state index in [1.54, 1.807) is 13.8 Å². The first kappa shape index (κ1) is 9.29. The lowest BCUT2D eigenvalue weighted by Gasteiger charge is -2.09. The number of halogens is 1. The van der Waals surface area contributed by atoms with E-state index >= 15 is 0 Å². The van der Waals surface area contributed by atoms with E-state index in [1.165, 1.54) is 6.92 Å². The predicted molar refractivity (Wildman–Crippen MR) is 42.7 cm³/mol. The van der Waals surface area contributed by atoms with Gasteiger partial charge in [0.25, 0.3) is 0 Å². The van der Waals surface area contributed by atoms with Crippen molar-refractivity contribution in [3.63, 3.8) is 0 Å². The highest BCUT2D eigenvalue weighted by atomic mass is 19.1. The van der Waals surface area contributed by atoms with Gasteiger partial charge in [-0.3, -0.25) is 0 Å². The van der Waals surface area contributed by atoms with Crippen LogP contribution in [-0.4, -0.2) is 23.9 Å². The first-order chi connectivity index (χ1) is 5.42. The lowest BCUT2D eigenvalue weighted by Crippen LogP contribution is -2.31. The highest BCUT2D eigenvalue weighted by molar-refractivity contribution is 5.68. The van der Waals surface area contributed by atoms with Gasteiger partial charge in [0.1, 0.15) is 5.67 Å². The van der Waals surface area contributed by atoms with Gasteiger partial charge < -0.3 is 10.1 Å². The molecule has 0 aromatic rings. The van der Waals surface area contributed by atoms with Crippen molar-refractivity contribution >= 4 is 6.09 Å². The molecule has 1 rings (SSSR count). The van der Waals surface area contributed by atoms with Gasteiger partial charge in [-0.1, -0.05) is 0 Å². The molecule has 0 radical (unpaired) electrons. The number of rotatable bonds is 2. The SMILES string of the molecule is CC(C)OC(=O)N[C@H]1CC1(C)F. The zero-order chi connectivity index (χ0) is 9.35. The van der Waals surface area contributed by atoms with E-state index in [1.807, 2.05) is 0 Å². The third-order valence-electron chi connectivity index (χ3n) is 1.80. The van der Waals surface area contributed by atoms with Crippen molar-refractivity contribution in [3.05, 3.63) is 0 Å². The molecule has 70 valence electrons. The average molecular weight is 175 g/mol. The quantitative estimate of drug-likeness (QED) is 0.692. The molecule has 0 heterocycles. The van der Waals surface area contributed by atoms with Gasteiger partial charge >= 0.3 is 6.09 Å². The van der Waals surface area contributed by atoms with Crippen molar-refractivity contribution < 1.29 is 13.9 Å². The monoisotopic (exact) mass is 175 g/mol. The van der Waals surface area contributed by atoms with Crippen LogP contribution in [0.5, 0.6) is 0 Å². The first-order valence-corrected chi connectivity index (χ1v) is 4.08. The highest BCUT2D eigenvalue weighted by Gasteiger charge is 2.52. The summed E-state index contributed by atoms with van der Waals surface area (Å²) in [6.07, 6.45) is -0.300. The molecular formula is C8H14FNO2. The molecule has 1 fully saturated rings. The zero-order valence-corrected chi connectivity index (χ0v) is 7.56. The van der Waals surface area contributed by atoms with Crippen molar-refractivity contribution in [2.75, 3.05) is 0 Å². The molecule has 2 atom stereocenters. The maximum Gasteiger partial charge on any atom is 0.407 e. The predicted octanol–water partition coefficient (Wildman–Crippen LogP) is 1.62. The van der Waals surface area contributed by atoms with Gasteiger partial charge in [-0.15, -0.1) is 0 Å². The molecule has 0 aromatic heterocycles. The number of hydrogen-bond donors (Lipinski definition) is 1. The third kappa shape index (κ3) is 2.36. The zero-order valence-electron chi connectivity index (χ0n) is 7.56. The lowest BCUT2D eigenvalue weighted by atomic mass is 10.4. The summed E-state index contributed by atoms with van der Waals surface area (Å²) >= 11 is 0. The Morgan fingerprint density at radius 2 is 2.25 bits per heavy atom. The Labute approximate surface area is 71.3 Å². The molecule has 1 unspecified atom stereocenters. The number of hydrogen-bond acceptors (Lipinski definition) is 2. The van der Waals surface area contributed by atoms with Crippen LogP contribution in [0.15, 0.2) is 0 Å². The fraction of sp³-hybridized carbons (Fsp3) is 0.875. The van der Waals surface area contributed by atoms with Gasteiger partial charge in [0.2, 0.25) is 0 Å². The molecule has 3 nitrogen and oxygen atoms in total. The average Bonchev–Trinajstić information content (AvgIpc) is 2.35. The maximum absolute atomic E-state index is 12.9. The smallest absolute Gasteiger partial charge is 0.407 e. The van der Waals surface area contributed by atoms with E-state index in [-0.39, 0.29) is 12.1 Å². The fourth-order valence-electron chi connectivity index (χ4n) is 0.932. The minimum Gasteiger partial charge on any atom is -0.447 e. The number of amides is 1. The number of carbonyl (C=O) groups excluding carboxylic acids is 1. The second-order valence-electron chi connectivity index (χ2n) is 3.63. The van der Waals surface area contributed by atoms with Crippen LogP contribution in [0.2, 0.25) is 0 Å². The van der Waals surface area contributed by atoms with Gasteiger partial charge in [0, 0.05) is 6.42 Å². The van der Waals surface area contributed by atoms with Gasteiger partial charge in [-0.25, -0.2) is 9.18 Å². The largest absolute Gasteiger partial charge is 0.447 e. The van der Waals surface area contributed by atoms with Crippen LogP contribution >= 0.6 is 0 Å². The maximum atomic E-state index is 12.9. The number of carbonyl (C=O) groups is 1. The number of alkyl carbamates (subject to hydrolysis) is 1. The molecule has 1 aliphatic rings. The standard InChI is InChI=1S/C8H14FNO2/c1-5(2)12-7(11)10-6-4-8(6,3)9/h5-6H,4H2,1-3H3,(H,10,11)/t6-,8?/m0/s1. The van der Waals surface area contributed by atoms with E-state index < -0.39 is 11.8 Å². The van der Waals surface area contributed by atoms with Crippen molar-refractivity contribution in [2.24, 2.45) is 0 Å². The van der Waals surface area contributed by atoms with Crippen LogP contribution in [0, 0.1) is 0 Å². The van der Waals surface area contributed by atoms with Crippen molar-refractivity contribution in [3.8, 4) is 0 Å². The molecule has 1 amide bonds. The summed E-state index contributed by atoms with van der Waals surface area (Å²) in [5, 5.41) is 2.44.